The molecular formula is C25H19ClN2O7S. The van der Waals surface area contributed by atoms with Crippen LogP contribution in [0.5, 0.6) is 11.5 Å². The maximum atomic E-state index is 13.2. The SMILES string of the molecule is COc1ccc(/C=C2\C(=O)NC(=O)N(c3ccccc3Cl)C2=O)c(OS(=O)(=O)c2ccc(C)cc2)c1. The molecule has 0 aliphatic carbocycles. The Hall–Kier alpha value is -4.15. The first-order valence-corrected chi connectivity index (χ1v) is 12.2. The van der Waals surface area contributed by atoms with Crippen LogP contribution >= 0.6 is 11.6 Å². The second-order valence-corrected chi connectivity index (χ2v) is 9.62. The number of para-hydroxylation sites is 1. The molecule has 0 spiro atoms. The molecule has 1 N–H and O–H groups in total. The molecule has 9 nitrogen and oxygen atoms in total. The van der Waals surface area contributed by atoms with Gasteiger partial charge in [-0.2, -0.15) is 8.42 Å². The van der Waals surface area contributed by atoms with Crippen LogP contribution in [0.3, 0.4) is 0 Å². The van der Waals surface area contributed by atoms with E-state index >= 15 is 0 Å². The number of nitrogens with zero attached hydrogens (tertiary/aromatic N) is 1. The van der Waals surface area contributed by atoms with Gasteiger partial charge in [0.15, 0.2) is 5.75 Å². The molecule has 0 bridgehead atoms. The lowest BCUT2D eigenvalue weighted by atomic mass is 10.1. The third kappa shape index (κ3) is 4.95. The lowest BCUT2D eigenvalue weighted by Gasteiger charge is -2.27. The number of ether oxygens (including phenoxy) is 1. The smallest absolute Gasteiger partial charge is 0.339 e. The van der Waals surface area contributed by atoms with E-state index in [1.54, 1.807) is 24.3 Å². The molecule has 36 heavy (non-hydrogen) atoms. The molecule has 184 valence electrons. The number of imide groups is 2. The Morgan fingerprint density at radius 2 is 1.67 bits per heavy atom. The minimum absolute atomic E-state index is 0.0771. The zero-order valence-corrected chi connectivity index (χ0v) is 20.6. The average molecular weight is 527 g/mol. The fourth-order valence-corrected chi connectivity index (χ4v) is 4.54. The Kier molecular flexibility index (Phi) is 6.82. The number of urea groups is 1. The number of hydrogen-bond donors (Lipinski definition) is 1. The third-order valence-corrected chi connectivity index (χ3v) is 6.79. The minimum Gasteiger partial charge on any atom is -0.497 e. The summed E-state index contributed by atoms with van der Waals surface area (Å²) in [5.74, 6) is -1.82. The highest BCUT2D eigenvalue weighted by Gasteiger charge is 2.38. The summed E-state index contributed by atoms with van der Waals surface area (Å²) < 4.78 is 36.4. The van der Waals surface area contributed by atoms with Gasteiger partial charge in [-0.05, 0) is 49.4 Å². The summed E-state index contributed by atoms with van der Waals surface area (Å²) >= 11 is 6.15. The number of benzene rings is 3. The van der Waals surface area contributed by atoms with Crippen molar-refractivity contribution in [3.05, 3.63) is 88.5 Å². The maximum Gasteiger partial charge on any atom is 0.339 e. The summed E-state index contributed by atoms with van der Waals surface area (Å²) in [6.07, 6.45) is 1.13. The summed E-state index contributed by atoms with van der Waals surface area (Å²) in [6.45, 7) is 1.81. The van der Waals surface area contributed by atoms with Crippen LogP contribution in [0.25, 0.3) is 6.08 Å². The van der Waals surface area contributed by atoms with Gasteiger partial charge in [-0.15, -0.1) is 0 Å². The second-order valence-electron chi connectivity index (χ2n) is 7.66. The number of carbonyl (C=O) groups is 3. The fraction of sp³-hybridized carbons (Fsp3) is 0.0800. The molecule has 11 heteroatoms. The Morgan fingerprint density at radius 1 is 0.972 bits per heavy atom. The molecule has 1 saturated heterocycles. The van der Waals surface area contributed by atoms with E-state index in [-0.39, 0.29) is 32.7 Å². The predicted molar refractivity (Wildman–Crippen MR) is 132 cm³/mol. The molecular weight excluding hydrogens is 508 g/mol. The highest BCUT2D eigenvalue weighted by atomic mass is 35.5. The standard InChI is InChI=1S/C25H19ClN2O7S/c1-15-7-11-18(12-8-15)36(32,33)35-22-14-17(34-2)10-9-16(22)13-19-23(29)27-25(31)28(24(19)30)21-6-4-3-5-20(21)26/h3-14H,1-2H3,(H,27,29,31)/b19-13+. The summed E-state index contributed by atoms with van der Waals surface area (Å²) in [5.41, 5.74) is 0.587. The van der Waals surface area contributed by atoms with Gasteiger partial charge in [0, 0.05) is 11.6 Å². The molecule has 0 radical (unpaired) electrons. The molecule has 0 atom stereocenters. The number of amides is 4. The van der Waals surface area contributed by atoms with E-state index in [1.807, 2.05) is 6.92 Å². The fourth-order valence-electron chi connectivity index (χ4n) is 3.37. The topological polar surface area (TPSA) is 119 Å². The molecule has 1 aliphatic heterocycles. The number of barbiturate groups is 1. The van der Waals surface area contributed by atoms with Crippen LogP contribution in [0.2, 0.25) is 5.02 Å². The van der Waals surface area contributed by atoms with Crippen molar-refractivity contribution in [1.29, 1.82) is 0 Å². The van der Waals surface area contributed by atoms with Gasteiger partial charge in [0.1, 0.15) is 16.2 Å². The number of aryl methyl sites for hydroxylation is 1. The van der Waals surface area contributed by atoms with Crippen LogP contribution in [-0.4, -0.2) is 33.4 Å². The van der Waals surface area contributed by atoms with Gasteiger partial charge in [0.05, 0.1) is 17.8 Å². The van der Waals surface area contributed by atoms with Gasteiger partial charge < -0.3 is 8.92 Å². The molecule has 0 saturated carbocycles. The lowest BCUT2D eigenvalue weighted by molar-refractivity contribution is -0.122. The molecule has 4 amide bonds. The number of anilines is 1. The zero-order chi connectivity index (χ0) is 26.0. The third-order valence-electron chi connectivity index (χ3n) is 5.22. The Bertz CT molecular complexity index is 1520. The molecule has 0 aromatic heterocycles. The first-order chi connectivity index (χ1) is 17.1. The number of rotatable bonds is 6. The van der Waals surface area contributed by atoms with E-state index in [1.165, 1.54) is 49.6 Å². The van der Waals surface area contributed by atoms with Crippen molar-refractivity contribution < 1.29 is 31.7 Å². The highest BCUT2D eigenvalue weighted by Crippen LogP contribution is 2.32. The Balaban J connectivity index is 1.77. The van der Waals surface area contributed by atoms with Crippen LogP contribution in [0.4, 0.5) is 10.5 Å². The van der Waals surface area contributed by atoms with Gasteiger partial charge in [0.25, 0.3) is 11.8 Å². The van der Waals surface area contributed by atoms with Gasteiger partial charge in [-0.25, -0.2) is 9.69 Å². The second kappa shape index (κ2) is 9.84. The molecule has 3 aromatic rings. The normalized spacial score (nSPS) is 15.1. The van der Waals surface area contributed by atoms with Crippen LogP contribution in [0.1, 0.15) is 11.1 Å². The summed E-state index contributed by atoms with van der Waals surface area (Å²) in [4.78, 5) is 38.9. The van der Waals surface area contributed by atoms with Crippen molar-refractivity contribution in [2.75, 3.05) is 12.0 Å². The van der Waals surface area contributed by atoms with E-state index in [0.29, 0.717) is 0 Å². The molecule has 0 unspecified atom stereocenters. The van der Waals surface area contributed by atoms with Crippen molar-refractivity contribution in [2.45, 2.75) is 11.8 Å². The monoisotopic (exact) mass is 526 g/mol. The van der Waals surface area contributed by atoms with Crippen LogP contribution in [0, 0.1) is 6.92 Å². The Morgan fingerprint density at radius 3 is 2.33 bits per heavy atom. The van der Waals surface area contributed by atoms with Gasteiger partial charge in [-0.3, -0.25) is 14.9 Å². The summed E-state index contributed by atoms with van der Waals surface area (Å²) in [6, 6.07) is 15.4. The highest BCUT2D eigenvalue weighted by molar-refractivity contribution is 7.87. The van der Waals surface area contributed by atoms with E-state index in [2.05, 4.69) is 5.32 Å². The minimum atomic E-state index is -4.27. The molecule has 3 aromatic carbocycles. The Labute approximate surface area is 212 Å². The predicted octanol–water partition coefficient (Wildman–Crippen LogP) is 4.09. The van der Waals surface area contributed by atoms with Crippen molar-refractivity contribution in [3.63, 3.8) is 0 Å². The van der Waals surface area contributed by atoms with E-state index in [0.717, 1.165) is 16.5 Å². The lowest BCUT2D eigenvalue weighted by Crippen LogP contribution is -2.54. The number of nitrogens with one attached hydrogen (secondary N) is 1. The average Bonchev–Trinajstić information content (AvgIpc) is 2.83. The van der Waals surface area contributed by atoms with Gasteiger partial charge in [-0.1, -0.05) is 41.4 Å². The van der Waals surface area contributed by atoms with Crippen LogP contribution < -0.4 is 19.1 Å². The van der Waals surface area contributed by atoms with Crippen LogP contribution in [-0.2, 0) is 19.7 Å². The van der Waals surface area contributed by atoms with Crippen LogP contribution in [0.15, 0.2) is 77.2 Å². The quantitative estimate of drug-likeness (QED) is 0.292. The largest absolute Gasteiger partial charge is 0.497 e. The van der Waals surface area contributed by atoms with Crippen molar-refractivity contribution in [3.8, 4) is 11.5 Å². The molecule has 1 aliphatic rings. The summed E-state index contributed by atoms with van der Waals surface area (Å²) in [7, 11) is -2.88. The zero-order valence-electron chi connectivity index (χ0n) is 19.0. The molecule has 4 rings (SSSR count). The maximum absolute atomic E-state index is 13.2. The number of carbonyl (C=O) groups excluding carboxylic acids is 3. The van der Waals surface area contributed by atoms with Crippen molar-refractivity contribution >= 4 is 51.3 Å². The van der Waals surface area contributed by atoms with Crippen molar-refractivity contribution in [1.82, 2.24) is 5.32 Å². The van der Waals surface area contributed by atoms with Gasteiger partial charge in [0.2, 0.25) is 0 Å². The van der Waals surface area contributed by atoms with E-state index in [4.69, 9.17) is 20.5 Å². The first-order valence-electron chi connectivity index (χ1n) is 10.5. The molecule has 1 heterocycles. The van der Waals surface area contributed by atoms with Crippen molar-refractivity contribution in [2.24, 2.45) is 0 Å². The van der Waals surface area contributed by atoms with E-state index < -0.39 is 33.5 Å². The summed E-state index contributed by atoms with van der Waals surface area (Å²) in [5, 5.41) is 2.21. The number of halogens is 1. The molecule has 1 fully saturated rings. The van der Waals surface area contributed by atoms with Gasteiger partial charge >= 0.3 is 16.1 Å². The van der Waals surface area contributed by atoms with E-state index in [9.17, 15) is 22.8 Å². The number of hydrogen-bond acceptors (Lipinski definition) is 7. The number of methoxy groups -OCH3 is 1. The first kappa shape index (κ1) is 25.0.